The first-order valence-corrected chi connectivity index (χ1v) is 3.58. The van der Waals surface area contributed by atoms with E-state index in [1.165, 1.54) is 0 Å². The van der Waals surface area contributed by atoms with Crippen LogP contribution in [-0.2, 0) is 0 Å². The molecule has 0 aromatic rings. The Kier molecular flexibility index (Phi) is 2.81. The van der Waals surface area contributed by atoms with Crippen molar-refractivity contribution in [1.82, 2.24) is 5.32 Å². The molecule has 1 aliphatic rings. The lowest BCUT2D eigenvalue weighted by molar-refractivity contribution is 0.690. The largest absolute Gasteiger partial charge is 0.285 e. The first-order chi connectivity index (χ1) is 4.93. The van der Waals surface area contributed by atoms with Crippen LogP contribution in [0.25, 0.3) is 0 Å². The molecule has 0 aliphatic carbocycles. The van der Waals surface area contributed by atoms with Gasteiger partial charge in [0.25, 0.3) is 0 Å². The van der Waals surface area contributed by atoms with Crippen LogP contribution in [0.1, 0.15) is 13.3 Å². The van der Waals surface area contributed by atoms with Gasteiger partial charge in [-0.15, -0.1) is 0 Å². The van der Waals surface area contributed by atoms with Crippen molar-refractivity contribution in [1.29, 1.82) is 0 Å². The molecule has 53 valence electrons. The molecule has 0 spiro atoms. The van der Waals surface area contributed by atoms with E-state index >= 15 is 0 Å². The molecule has 10 heavy (non-hydrogen) atoms. The Morgan fingerprint density at radius 2 is 2.40 bits per heavy atom. The van der Waals surface area contributed by atoms with Gasteiger partial charge in [0, 0.05) is 6.20 Å². The second-order valence-corrected chi connectivity index (χ2v) is 2.25. The third-order valence-corrected chi connectivity index (χ3v) is 1.42. The van der Waals surface area contributed by atoms with E-state index < -0.39 is 0 Å². The summed E-state index contributed by atoms with van der Waals surface area (Å²) in [5.74, 6) is 0. The molecule has 1 unspecified atom stereocenters. The molecule has 1 radical (unpaired) electrons. The summed E-state index contributed by atoms with van der Waals surface area (Å²) < 4.78 is 0. The highest BCUT2D eigenvalue weighted by atomic mass is 14.9. The summed E-state index contributed by atoms with van der Waals surface area (Å²) in [5, 5.41) is 4.25. The normalized spacial score (nSPS) is 23.5. The topological polar surface area (TPSA) is 14.1 Å². The number of hydrogen-bond acceptors (Lipinski definition) is 0. The summed E-state index contributed by atoms with van der Waals surface area (Å²) in [6, 6.07) is 0.376. The summed E-state index contributed by atoms with van der Waals surface area (Å²) in [5.41, 5.74) is 0. The van der Waals surface area contributed by atoms with Crippen molar-refractivity contribution in [3.8, 4) is 0 Å². The van der Waals surface area contributed by atoms with Crippen molar-refractivity contribution in [3.05, 3.63) is 36.6 Å². The molecular formula is C9H12N. The molecule has 0 aromatic heterocycles. The van der Waals surface area contributed by atoms with Crippen LogP contribution in [0, 0.1) is 0 Å². The molecule has 0 N–H and O–H groups in total. The third-order valence-electron chi connectivity index (χ3n) is 1.42. The summed E-state index contributed by atoms with van der Waals surface area (Å²) in [6.07, 6.45) is 13.2. The van der Waals surface area contributed by atoms with Crippen molar-refractivity contribution in [2.75, 3.05) is 0 Å². The number of rotatable bonds is 2. The zero-order valence-corrected chi connectivity index (χ0v) is 6.20. The molecule has 1 atom stereocenters. The van der Waals surface area contributed by atoms with Crippen LogP contribution in [0.4, 0.5) is 0 Å². The minimum absolute atomic E-state index is 0.376. The molecule has 0 amide bonds. The second kappa shape index (κ2) is 3.94. The molecule has 0 saturated carbocycles. The van der Waals surface area contributed by atoms with E-state index in [1.54, 1.807) is 0 Å². The van der Waals surface area contributed by atoms with Crippen LogP contribution >= 0.6 is 0 Å². The second-order valence-electron chi connectivity index (χ2n) is 2.25. The minimum Gasteiger partial charge on any atom is -0.285 e. The Labute approximate surface area is 62.1 Å². The Balaban J connectivity index is 2.30. The van der Waals surface area contributed by atoms with E-state index in [9.17, 15) is 0 Å². The van der Waals surface area contributed by atoms with Gasteiger partial charge >= 0.3 is 0 Å². The molecule has 0 aromatic carbocycles. The average Bonchev–Trinajstić information content (AvgIpc) is 2.03. The first-order valence-electron chi connectivity index (χ1n) is 3.58. The lowest BCUT2D eigenvalue weighted by atomic mass is 10.1. The quantitative estimate of drug-likeness (QED) is 0.513. The number of hydrogen-bond donors (Lipinski definition) is 0. The fourth-order valence-electron chi connectivity index (χ4n) is 0.867. The van der Waals surface area contributed by atoms with Crippen LogP contribution in [-0.4, -0.2) is 6.04 Å². The van der Waals surface area contributed by atoms with Gasteiger partial charge in [-0.05, 0) is 19.4 Å². The third kappa shape index (κ3) is 2.09. The molecule has 0 saturated heterocycles. The van der Waals surface area contributed by atoms with E-state index in [2.05, 4.69) is 23.5 Å². The molecule has 1 nitrogen and oxygen atoms in total. The fourth-order valence-corrected chi connectivity index (χ4v) is 0.867. The van der Waals surface area contributed by atoms with E-state index in [1.807, 2.05) is 25.3 Å². The molecule has 0 bridgehead atoms. The SMILES string of the molecule is CC=CCC1C=CC=C[N]1. The minimum atomic E-state index is 0.376. The van der Waals surface area contributed by atoms with Gasteiger partial charge in [-0.2, -0.15) is 0 Å². The molecule has 1 heteroatoms. The molecule has 0 fully saturated rings. The van der Waals surface area contributed by atoms with Gasteiger partial charge in [0.2, 0.25) is 0 Å². The molecule has 1 rings (SSSR count). The fraction of sp³-hybridized carbons (Fsp3) is 0.333. The molecular weight excluding hydrogens is 122 g/mol. The van der Waals surface area contributed by atoms with Crippen molar-refractivity contribution in [2.24, 2.45) is 0 Å². The summed E-state index contributed by atoms with van der Waals surface area (Å²) >= 11 is 0. The maximum absolute atomic E-state index is 4.25. The van der Waals surface area contributed by atoms with Gasteiger partial charge in [-0.25, -0.2) is 0 Å². The van der Waals surface area contributed by atoms with Crippen molar-refractivity contribution >= 4 is 0 Å². The standard InChI is InChI=1S/C9H12N/c1-2-3-6-9-7-4-5-8-10-9/h2-5,7-9H,6H2,1H3. The van der Waals surface area contributed by atoms with E-state index in [4.69, 9.17) is 0 Å². The zero-order valence-electron chi connectivity index (χ0n) is 6.20. The van der Waals surface area contributed by atoms with E-state index in [-0.39, 0.29) is 0 Å². The van der Waals surface area contributed by atoms with Gasteiger partial charge in [-0.1, -0.05) is 24.3 Å². The summed E-state index contributed by atoms with van der Waals surface area (Å²) in [7, 11) is 0. The lowest BCUT2D eigenvalue weighted by Gasteiger charge is -2.09. The highest BCUT2D eigenvalue weighted by molar-refractivity contribution is 5.12. The van der Waals surface area contributed by atoms with E-state index in [0.717, 1.165) is 6.42 Å². The lowest BCUT2D eigenvalue weighted by Crippen LogP contribution is -2.15. The van der Waals surface area contributed by atoms with Crippen LogP contribution in [0.2, 0.25) is 0 Å². The molecule has 1 aliphatic heterocycles. The maximum Gasteiger partial charge on any atom is 0.0717 e. The van der Waals surface area contributed by atoms with Crippen LogP contribution in [0.3, 0.4) is 0 Å². The van der Waals surface area contributed by atoms with Gasteiger partial charge < -0.3 is 0 Å². The molecule has 1 heterocycles. The van der Waals surface area contributed by atoms with Gasteiger partial charge in [-0.3, -0.25) is 5.32 Å². The van der Waals surface area contributed by atoms with Crippen molar-refractivity contribution in [3.63, 3.8) is 0 Å². The monoisotopic (exact) mass is 134 g/mol. The smallest absolute Gasteiger partial charge is 0.0717 e. The Morgan fingerprint density at radius 3 is 3.00 bits per heavy atom. The van der Waals surface area contributed by atoms with Gasteiger partial charge in [0.15, 0.2) is 0 Å². The maximum atomic E-state index is 4.25. The Hall–Kier alpha value is -0.980. The highest BCUT2D eigenvalue weighted by Gasteiger charge is 2.01. The van der Waals surface area contributed by atoms with Crippen LogP contribution in [0.5, 0.6) is 0 Å². The van der Waals surface area contributed by atoms with Gasteiger partial charge in [0.05, 0.1) is 6.04 Å². The van der Waals surface area contributed by atoms with E-state index in [0.29, 0.717) is 6.04 Å². The zero-order chi connectivity index (χ0) is 7.23. The number of allylic oxidation sites excluding steroid dienone is 3. The van der Waals surface area contributed by atoms with Crippen molar-refractivity contribution < 1.29 is 0 Å². The first kappa shape index (κ1) is 7.13. The number of nitrogens with zero attached hydrogens (tertiary/aromatic N) is 1. The van der Waals surface area contributed by atoms with Crippen molar-refractivity contribution in [2.45, 2.75) is 19.4 Å². The van der Waals surface area contributed by atoms with Crippen LogP contribution in [0.15, 0.2) is 36.6 Å². The summed E-state index contributed by atoms with van der Waals surface area (Å²) in [6.45, 7) is 2.03. The van der Waals surface area contributed by atoms with Crippen LogP contribution < -0.4 is 5.32 Å². The average molecular weight is 134 g/mol. The predicted octanol–water partition coefficient (Wildman–Crippen LogP) is 2.01. The Morgan fingerprint density at radius 1 is 1.50 bits per heavy atom. The van der Waals surface area contributed by atoms with Gasteiger partial charge in [0.1, 0.15) is 0 Å². The summed E-state index contributed by atoms with van der Waals surface area (Å²) in [4.78, 5) is 0. The Bertz CT molecular complexity index is 166. The highest BCUT2D eigenvalue weighted by Crippen LogP contribution is 2.01. The predicted molar refractivity (Wildman–Crippen MR) is 43.6 cm³/mol.